The van der Waals surface area contributed by atoms with Gasteiger partial charge in [-0.15, -0.1) is 0 Å². The first-order valence-electron chi connectivity index (χ1n) is 9.30. The van der Waals surface area contributed by atoms with E-state index in [0.29, 0.717) is 24.0 Å². The molecule has 12 heteroatoms. The molecule has 2 aromatic rings. The van der Waals surface area contributed by atoms with Gasteiger partial charge in [0, 0.05) is 12.5 Å². The topological polar surface area (TPSA) is 148 Å². The van der Waals surface area contributed by atoms with Crippen LogP contribution in [0.4, 0.5) is 10.6 Å². The summed E-state index contributed by atoms with van der Waals surface area (Å²) in [7, 11) is -3.28. The standard InChI is InChI=1S/C18H28N6O5S/c1-12(21-17(25)29-18(2,3)4)10-28-11-16-22-15(23-24-16)9-20-14-7-6-13(8-19-14)30(5,26)27/h6-8,12H,9-11H2,1-5H3,(H,19,20)(H,21,25)(H,22,23,24)/t12-/m0/s1. The number of anilines is 1. The lowest BCUT2D eigenvalue weighted by Crippen LogP contribution is -2.39. The summed E-state index contributed by atoms with van der Waals surface area (Å²) in [5, 5.41) is 12.6. The Kier molecular flexibility index (Phi) is 7.73. The molecule has 0 fully saturated rings. The molecule has 1 amide bonds. The number of nitrogens with zero attached hydrogens (tertiary/aromatic N) is 3. The van der Waals surface area contributed by atoms with Gasteiger partial charge in [0.05, 0.1) is 24.1 Å². The van der Waals surface area contributed by atoms with Crippen LogP contribution in [0.2, 0.25) is 0 Å². The number of amides is 1. The van der Waals surface area contributed by atoms with E-state index in [9.17, 15) is 13.2 Å². The smallest absolute Gasteiger partial charge is 0.407 e. The molecule has 30 heavy (non-hydrogen) atoms. The van der Waals surface area contributed by atoms with Gasteiger partial charge in [-0.2, -0.15) is 5.10 Å². The molecule has 1 atom stereocenters. The summed E-state index contributed by atoms with van der Waals surface area (Å²) < 4.78 is 33.6. The van der Waals surface area contributed by atoms with Gasteiger partial charge in [-0.05, 0) is 39.8 Å². The van der Waals surface area contributed by atoms with Crippen LogP contribution in [-0.2, 0) is 32.5 Å². The zero-order valence-corrected chi connectivity index (χ0v) is 18.5. The van der Waals surface area contributed by atoms with Crippen molar-refractivity contribution in [1.29, 1.82) is 0 Å². The molecule has 11 nitrogen and oxygen atoms in total. The van der Waals surface area contributed by atoms with Crippen molar-refractivity contribution in [2.75, 3.05) is 18.2 Å². The van der Waals surface area contributed by atoms with E-state index in [2.05, 4.69) is 30.8 Å². The molecule has 0 bridgehead atoms. The number of hydrogen-bond acceptors (Lipinski definition) is 9. The largest absolute Gasteiger partial charge is 0.444 e. The predicted octanol–water partition coefficient (Wildman–Crippen LogP) is 1.65. The average Bonchev–Trinajstić information content (AvgIpc) is 3.05. The van der Waals surface area contributed by atoms with Crippen molar-refractivity contribution in [1.82, 2.24) is 25.5 Å². The van der Waals surface area contributed by atoms with Crippen molar-refractivity contribution < 1.29 is 22.7 Å². The van der Waals surface area contributed by atoms with Gasteiger partial charge in [0.25, 0.3) is 0 Å². The number of ether oxygens (including phenoxy) is 2. The summed E-state index contributed by atoms with van der Waals surface area (Å²) >= 11 is 0. The van der Waals surface area contributed by atoms with Gasteiger partial charge in [-0.1, -0.05) is 0 Å². The lowest BCUT2D eigenvalue weighted by Gasteiger charge is -2.21. The highest BCUT2D eigenvalue weighted by Crippen LogP contribution is 2.11. The molecule has 0 saturated heterocycles. The second-order valence-electron chi connectivity index (χ2n) is 7.77. The number of aromatic nitrogens is 4. The van der Waals surface area contributed by atoms with E-state index in [1.807, 2.05) is 0 Å². The molecule has 0 radical (unpaired) electrons. The third kappa shape index (κ3) is 8.33. The van der Waals surface area contributed by atoms with Crippen LogP contribution in [0.25, 0.3) is 0 Å². The van der Waals surface area contributed by atoms with Crippen molar-refractivity contribution in [3.63, 3.8) is 0 Å². The lowest BCUT2D eigenvalue weighted by molar-refractivity contribution is 0.0438. The monoisotopic (exact) mass is 440 g/mol. The zero-order chi connectivity index (χ0) is 22.4. The van der Waals surface area contributed by atoms with Gasteiger partial charge in [-0.25, -0.2) is 23.2 Å². The van der Waals surface area contributed by atoms with Crippen LogP contribution >= 0.6 is 0 Å². The molecule has 0 aliphatic rings. The van der Waals surface area contributed by atoms with Gasteiger partial charge in [0.1, 0.15) is 23.9 Å². The molecule has 0 unspecified atom stereocenters. The third-order valence-electron chi connectivity index (χ3n) is 3.54. The number of aromatic amines is 1. The van der Waals surface area contributed by atoms with Crippen LogP contribution in [0.1, 0.15) is 39.3 Å². The summed E-state index contributed by atoms with van der Waals surface area (Å²) in [6.07, 6.45) is 1.93. The summed E-state index contributed by atoms with van der Waals surface area (Å²) in [4.78, 5) is 20.2. The minimum atomic E-state index is -3.28. The molecule has 0 aromatic carbocycles. The molecule has 166 valence electrons. The number of alkyl carbamates (subject to hydrolysis) is 1. The first kappa shape index (κ1) is 23.5. The van der Waals surface area contributed by atoms with Crippen LogP contribution in [-0.4, -0.2) is 59.2 Å². The van der Waals surface area contributed by atoms with Crippen LogP contribution in [0.3, 0.4) is 0 Å². The Balaban J connectivity index is 1.73. The highest BCUT2D eigenvalue weighted by atomic mass is 32.2. The minimum absolute atomic E-state index is 0.155. The molecule has 0 aliphatic carbocycles. The Morgan fingerprint density at radius 3 is 2.63 bits per heavy atom. The average molecular weight is 441 g/mol. The molecule has 2 rings (SSSR count). The second kappa shape index (κ2) is 9.85. The second-order valence-corrected chi connectivity index (χ2v) is 9.78. The van der Waals surface area contributed by atoms with Crippen LogP contribution in [0, 0.1) is 0 Å². The fraction of sp³-hybridized carbons (Fsp3) is 0.556. The summed E-state index contributed by atoms with van der Waals surface area (Å²) in [6, 6.07) is 2.83. The molecule has 0 spiro atoms. The quantitative estimate of drug-likeness (QED) is 0.529. The van der Waals surface area contributed by atoms with E-state index >= 15 is 0 Å². The summed E-state index contributed by atoms with van der Waals surface area (Å²) in [5.41, 5.74) is -0.556. The number of sulfone groups is 1. The van der Waals surface area contributed by atoms with Crippen LogP contribution < -0.4 is 10.6 Å². The van der Waals surface area contributed by atoms with E-state index in [0.717, 1.165) is 6.26 Å². The summed E-state index contributed by atoms with van der Waals surface area (Å²) in [5.74, 6) is 1.55. The third-order valence-corrected chi connectivity index (χ3v) is 4.64. The van der Waals surface area contributed by atoms with Gasteiger partial charge in [0.15, 0.2) is 15.7 Å². The Morgan fingerprint density at radius 1 is 1.30 bits per heavy atom. The molecular formula is C18H28N6O5S. The lowest BCUT2D eigenvalue weighted by atomic mass is 10.2. The number of carbonyl (C=O) groups is 1. The van der Waals surface area contributed by atoms with Crippen LogP contribution in [0.15, 0.2) is 23.2 Å². The highest BCUT2D eigenvalue weighted by molar-refractivity contribution is 7.90. The molecule has 2 aromatic heterocycles. The number of hydrogen-bond donors (Lipinski definition) is 3. The maximum atomic E-state index is 11.7. The zero-order valence-electron chi connectivity index (χ0n) is 17.7. The fourth-order valence-corrected chi connectivity index (χ4v) is 2.79. The van der Waals surface area contributed by atoms with Crippen molar-refractivity contribution in [2.24, 2.45) is 0 Å². The van der Waals surface area contributed by atoms with Gasteiger partial charge < -0.3 is 20.1 Å². The molecule has 3 N–H and O–H groups in total. The Morgan fingerprint density at radius 2 is 2.03 bits per heavy atom. The van der Waals surface area contributed by atoms with Gasteiger partial charge >= 0.3 is 6.09 Å². The van der Waals surface area contributed by atoms with Gasteiger partial charge in [-0.3, -0.25) is 5.10 Å². The Labute approximate surface area is 175 Å². The van der Waals surface area contributed by atoms with Gasteiger partial charge in [0.2, 0.25) is 0 Å². The molecular weight excluding hydrogens is 412 g/mol. The van der Waals surface area contributed by atoms with E-state index in [4.69, 9.17) is 9.47 Å². The Bertz CT molecular complexity index is 937. The van der Waals surface area contributed by atoms with E-state index < -0.39 is 21.5 Å². The highest BCUT2D eigenvalue weighted by Gasteiger charge is 2.17. The molecule has 0 saturated carbocycles. The van der Waals surface area contributed by atoms with E-state index in [-0.39, 0.29) is 24.2 Å². The summed E-state index contributed by atoms with van der Waals surface area (Å²) in [6.45, 7) is 7.97. The number of pyridine rings is 1. The van der Waals surface area contributed by atoms with Crippen LogP contribution in [0.5, 0.6) is 0 Å². The molecule has 0 aliphatic heterocycles. The number of H-pyrrole nitrogens is 1. The Hall–Kier alpha value is -2.73. The number of rotatable bonds is 9. The van der Waals surface area contributed by atoms with Crippen molar-refractivity contribution in [3.8, 4) is 0 Å². The number of carbonyl (C=O) groups excluding carboxylic acids is 1. The van der Waals surface area contributed by atoms with Crippen molar-refractivity contribution in [3.05, 3.63) is 30.0 Å². The number of nitrogens with one attached hydrogen (secondary N) is 3. The first-order chi connectivity index (χ1) is 13.9. The first-order valence-corrected chi connectivity index (χ1v) is 11.2. The predicted molar refractivity (Wildman–Crippen MR) is 110 cm³/mol. The van der Waals surface area contributed by atoms with Crippen molar-refractivity contribution in [2.45, 2.75) is 57.4 Å². The maximum Gasteiger partial charge on any atom is 0.407 e. The normalized spacial score (nSPS) is 13.0. The SMILES string of the molecule is C[C@@H](COCc1n[nH]c(CNc2ccc(S(C)(=O)=O)cn2)n1)NC(=O)OC(C)(C)C. The minimum Gasteiger partial charge on any atom is -0.444 e. The maximum absolute atomic E-state index is 11.7. The fourth-order valence-electron chi connectivity index (χ4n) is 2.23. The van der Waals surface area contributed by atoms with Crippen molar-refractivity contribution >= 4 is 21.7 Å². The van der Waals surface area contributed by atoms with E-state index in [1.165, 1.54) is 12.3 Å². The van der Waals surface area contributed by atoms with E-state index in [1.54, 1.807) is 33.8 Å². The molecule has 2 heterocycles.